The van der Waals surface area contributed by atoms with Crippen molar-refractivity contribution in [3.63, 3.8) is 0 Å². The summed E-state index contributed by atoms with van der Waals surface area (Å²) in [6, 6.07) is 6.52. The molecule has 0 unspecified atom stereocenters. The van der Waals surface area contributed by atoms with Gasteiger partial charge < -0.3 is 5.73 Å². The Balaban J connectivity index is 2.20. The monoisotopic (exact) mass is 282 g/mol. The fourth-order valence-electron chi connectivity index (χ4n) is 2.27. The number of aryl methyl sites for hydroxylation is 1. The molecular formula is C13H18N2O3S. The molecule has 0 spiro atoms. The van der Waals surface area contributed by atoms with Gasteiger partial charge in [0.25, 0.3) is 15.9 Å². The lowest BCUT2D eigenvalue weighted by atomic mass is 10.2. The van der Waals surface area contributed by atoms with Crippen LogP contribution in [0.1, 0.15) is 25.3 Å². The largest absolute Gasteiger partial charge is 0.317 e. The van der Waals surface area contributed by atoms with Crippen LogP contribution in [0.3, 0.4) is 0 Å². The van der Waals surface area contributed by atoms with E-state index in [1.54, 1.807) is 25.1 Å². The second-order valence-electron chi connectivity index (χ2n) is 5.05. The van der Waals surface area contributed by atoms with E-state index in [0.717, 1.165) is 6.42 Å². The van der Waals surface area contributed by atoms with E-state index < -0.39 is 21.5 Å². The van der Waals surface area contributed by atoms with Gasteiger partial charge in [-0.2, -0.15) is 0 Å². The molecule has 0 heterocycles. The normalized spacial score (nSPS) is 25.9. The standard InChI is InChI=1S/C13H18N2O3S/c1-3-10-8-13(10,14)12(16)15-19(17,18)11-7-5-4-6-9(11)2/h4-7,10H,3,8,14H2,1-2H3,(H,15,16)/t10-,13-/m1/s1. The lowest BCUT2D eigenvalue weighted by molar-refractivity contribution is -0.121. The predicted molar refractivity (Wildman–Crippen MR) is 71.8 cm³/mol. The highest BCUT2D eigenvalue weighted by Gasteiger charge is 2.56. The maximum absolute atomic E-state index is 12.1. The van der Waals surface area contributed by atoms with Crippen LogP contribution in [0.5, 0.6) is 0 Å². The summed E-state index contributed by atoms with van der Waals surface area (Å²) in [6.45, 7) is 3.62. The zero-order chi connectivity index (χ0) is 14.3. The zero-order valence-corrected chi connectivity index (χ0v) is 11.8. The van der Waals surface area contributed by atoms with Gasteiger partial charge in [0, 0.05) is 0 Å². The van der Waals surface area contributed by atoms with Crippen LogP contribution in [-0.2, 0) is 14.8 Å². The third kappa shape index (κ3) is 2.50. The molecule has 0 aliphatic heterocycles. The van der Waals surface area contributed by atoms with Gasteiger partial charge in [-0.05, 0) is 30.9 Å². The van der Waals surface area contributed by atoms with Crippen molar-refractivity contribution in [3.05, 3.63) is 29.8 Å². The summed E-state index contributed by atoms with van der Waals surface area (Å²) in [5.74, 6) is -0.540. The number of nitrogens with one attached hydrogen (secondary N) is 1. The minimum Gasteiger partial charge on any atom is -0.317 e. The smallest absolute Gasteiger partial charge is 0.264 e. The highest BCUT2D eigenvalue weighted by Crippen LogP contribution is 2.43. The van der Waals surface area contributed by atoms with E-state index in [-0.39, 0.29) is 10.8 Å². The number of nitrogens with two attached hydrogens (primary N) is 1. The first-order valence-electron chi connectivity index (χ1n) is 6.23. The summed E-state index contributed by atoms with van der Waals surface area (Å²) in [5, 5.41) is 0. The molecule has 3 N–H and O–H groups in total. The van der Waals surface area contributed by atoms with Crippen LogP contribution in [0, 0.1) is 12.8 Å². The van der Waals surface area contributed by atoms with Gasteiger partial charge in [-0.15, -0.1) is 0 Å². The summed E-state index contributed by atoms with van der Waals surface area (Å²) in [5.41, 5.74) is 5.46. The van der Waals surface area contributed by atoms with Crippen LogP contribution in [-0.4, -0.2) is 19.9 Å². The van der Waals surface area contributed by atoms with Crippen LogP contribution in [0.2, 0.25) is 0 Å². The summed E-state index contributed by atoms with van der Waals surface area (Å²) < 4.78 is 26.4. The maximum atomic E-state index is 12.1. The lowest BCUT2D eigenvalue weighted by Gasteiger charge is -2.13. The van der Waals surface area contributed by atoms with E-state index in [1.165, 1.54) is 6.07 Å². The summed E-state index contributed by atoms with van der Waals surface area (Å²) >= 11 is 0. The van der Waals surface area contributed by atoms with Gasteiger partial charge in [-0.3, -0.25) is 4.79 Å². The number of benzene rings is 1. The second-order valence-corrected chi connectivity index (χ2v) is 6.70. The second kappa shape index (κ2) is 4.61. The first-order valence-corrected chi connectivity index (χ1v) is 7.71. The van der Waals surface area contributed by atoms with Gasteiger partial charge in [0.1, 0.15) is 0 Å². The molecule has 1 amide bonds. The van der Waals surface area contributed by atoms with E-state index in [2.05, 4.69) is 4.72 Å². The summed E-state index contributed by atoms with van der Waals surface area (Å²) in [4.78, 5) is 12.1. The SMILES string of the molecule is CC[C@@H]1C[C@]1(N)C(=O)NS(=O)(=O)c1ccccc1C. The number of carbonyl (C=O) groups excluding carboxylic acids is 1. The molecule has 104 valence electrons. The molecule has 1 aliphatic rings. The maximum Gasteiger partial charge on any atom is 0.264 e. The number of sulfonamides is 1. The first kappa shape index (κ1) is 14.0. The number of hydrogen-bond acceptors (Lipinski definition) is 4. The van der Waals surface area contributed by atoms with E-state index in [4.69, 9.17) is 5.73 Å². The lowest BCUT2D eigenvalue weighted by Crippen LogP contribution is -2.46. The Morgan fingerprint density at radius 1 is 1.47 bits per heavy atom. The van der Waals surface area contributed by atoms with Crippen LogP contribution < -0.4 is 10.5 Å². The van der Waals surface area contributed by atoms with E-state index in [0.29, 0.717) is 12.0 Å². The molecule has 2 rings (SSSR count). The van der Waals surface area contributed by atoms with Crippen LogP contribution in [0.15, 0.2) is 29.2 Å². The molecule has 1 fully saturated rings. The Hall–Kier alpha value is -1.40. The quantitative estimate of drug-likeness (QED) is 0.859. The molecule has 0 radical (unpaired) electrons. The van der Waals surface area contributed by atoms with Gasteiger partial charge in [0.2, 0.25) is 0 Å². The average molecular weight is 282 g/mol. The molecule has 1 aromatic rings. The van der Waals surface area contributed by atoms with E-state index in [1.807, 2.05) is 6.92 Å². The average Bonchev–Trinajstić information content (AvgIpc) is 3.02. The molecule has 1 aromatic carbocycles. The van der Waals surface area contributed by atoms with Crippen LogP contribution in [0.4, 0.5) is 0 Å². The van der Waals surface area contributed by atoms with Crippen molar-refractivity contribution in [2.24, 2.45) is 11.7 Å². The Morgan fingerprint density at radius 2 is 2.11 bits per heavy atom. The molecule has 19 heavy (non-hydrogen) atoms. The Bertz CT molecular complexity index is 612. The van der Waals surface area contributed by atoms with E-state index >= 15 is 0 Å². The van der Waals surface area contributed by atoms with Crippen LogP contribution in [0.25, 0.3) is 0 Å². The molecule has 2 atom stereocenters. The van der Waals surface area contributed by atoms with Crippen LogP contribution >= 0.6 is 0 Å². The topological polar surface area (TPSA) is 89.3 Å². The van der Waals surface area contributed by atoms with Crippen molar-refractivity contribution in [2.45, 2.75) is 37.1 Å². The van der Waals surface area contributed by atoms with Crippen molar-refractivity contribution in [1.82, 2.24) is 4.72 Å². The molecule has 0 bridgehead atoms. The minimum atomic E-state index is -3.84. The highest BCUT2D eigenvalue weighted by atomic mass is 32.2. The number of carbonyl (C=O) groups is 1. The Labute approximate surface area is 113 Å². The molecule has 1 aliphatic carbocycles. The predicted octanol–water partition coefficient (Wildman–Crippen LogP) is 0.927. The van der Waals surface area contributed by atoms with Gasteiger partial charge in [-0.1, -0.05) is 31.5 Å². The van der Waals surface area contributed by atoms with Crippen molar-refractivity contribution in [1.29, 1.82) is 0 Å². The van der Waals surface area contributed by atoms with Gasteiger partial charge >= 0.3 is 0 Å². The fourth-order valence-corrected chi connectivity index (χ4v) is 3.56. The number of rotatable bonds is 4. The third-order valence-corrected chi connectivity index (χ3v) is 5.17. The highest BCUT2D eigenvalue weighted by molar-refractivity contribution is 7.90. The molecule has 5 nitrogen and oxygen atoms in total. The van der Waals surface area contributed by atoms with E-state index in [9.17, 15) is 13.2 Å². The van der Waals surface area contributed by atoms with Gasteiger partial charge in [0.05, 0.1) is 10.4 Å². The van der Waals surface area contributed by atoms with Crippen molar-refractivity contribution in [3.8, 4) is 0 Å². The summed E-state index contributed by atoms with van der Waals surface area (Å²) in [6.07, 6.45) is 1.31. The van der Waals surface area contributed by atoms with Crippen molar-refractivity contribution in [2.75, 3.05) is 0 Å². The summed E-state index contributed by atoms with van der Waals surface area (Å²) in [7, 11) is -3.84. The first-order chi connectivity index (χ1) is 8.81. The molecule has 0 aromatic heterocycles. The third-order valence-electron chi connectivity index (χ3n) is 3.68. The molecule has 1 saturated carbocycles. The van der Waals surface area contributed by atoms with Gasteiger partial charge in [-0.25, -0.2) is 13.1 Å². The number of amides is 1. The Kier molecular flexibility index (Phi) is 3.40. The minimum absolute atomic E-state index is 0.0690. The number of hydrogen-bond donors (Lipinski definition) is 2. The van der Waals surface area contributed by atoms with Crippen molar-refractivity contribution >= 4 is 15.9 Å². The molecule has 0 saturated heterocycles. The van der Waals surface area contributed by atoms with Crippen molar-refractivity contribution < 1.29 is 13.2 Å². The molecule has 6 heteroatoms. The Morgan fingerprint density at radius 3 is 2.63 bits per heavy atom. The fraction of sp³-hybridized carbons (Fsp3) is 0.462. The zero-order valence-electron chi connectivity index (χ0n) is 11.0. The van der Waals surface area contributed by atoms with Gasteiger partial charge in [0.15, 0.2) is 0 Å². The molecular weight excluding hydrogens is 264 g/mol.